The van der Waals surface area contributed by atoms with Crippen LogP contribution in [0.25, 0.3) is 0 Å². The van der Waals surface area contributed by atoms with Gasteiger partial charge in [0.2, 0.25) is 0 Å². The van der Waals surface area contributed by atoms with Gasteiger partial charge >= 0.3 is 0 Å². The zero-order valence-electron chi connectivity index (χ0n) is 11.0. The van der Waals surface area contributed by atoms with Crippen LogP contribution < -0.4 is 10.2 Å². The maximum Gasteiger partial charge on any atom is 0.272 e. The topological polar surface area (TPSA) is 48.1 Å². The number of para-hydroxylation sites is 2. The first-order valence-electron chi connectivity index (χ1n) is 6.73. The Morgan fingerprint density at radius 2 is 2.00 bits per heavy atom. The van der Waals surface area contributed by atoms with Crippen LogP contribution in [0.3, 0.4) is 0 Å². The Bertz CT molecular complexity index is 617. The fraction of sp³-hybridized carbons (Fsp3) is 0.267. The number of carbonyl (C=O) groups excluding carboxylic acids is 1. The molecule has 1 amide bonds. The first-order valence-corrected chi connectivity index (χ1v) is 7.11. The molecular formula is C15H16ClN3O. The van der Waals surface area contributed by atoms with Gasteiger partial charge in [-0.3, -0.25) is 4.79 Å². The van der Waals surface area contributed by atoms with Crippen LogP contribution in [-0.2, 0) is 0 Å². The minimum atomic E-state index is -0.177. The molecule has 0 aliphatic carbocycles. The summed E-state index contributed by atoms with van der Waals surface area (Å²) in [7, 11) is 0. The van der Waals surface area contributed by atoms with Gasteiger partial charge in [-0.1, -0.05) is 23.7 Å². The molecule has 0 bridgehead atoms. The molecule has 104 valence electrons. The average molecular weight is 290 g/mol. The summed E-state index contributed by atoms with van der Waals surface area (Å²) >= 11 is 5.82. The molecule has 3 rings (SSSR count). The molecule has 1 aromatic heterocycles. The second-order valence-corrected chi connectivity index (χ2v) is 5.33. The van der Waals surface area contributed by atoms with Crippen molar-refractivity contribution in [2.24, 2.45) is 0 Å². The molecule has 0 unspecified atom stereocenters. The van der Waals surface area contributed by atoms with Gasteiger partial charge in [-0.2, -0.15) is 0 Å². The fourth-order valence-electron chi connectivity index (χ4n) is 2.50. The molecule has 2 heterocycles. The summed E-state index contributed by atoms with van der Waals surface area (Å²) < 4.78 is 0. The van der Waals surface area contributed by atoms with Gasteiger partial charge < -0.3 is 15.2 Å². The van der Waals surface area contributed by atoms with Crippen LogP contribution in [0.5, 0.6) is 0 Å². The zero-order valence-corrected chi connectivity index (χ0v) is 11.8. The van der Waals surface area contributed by atoms with Crippen molar-refractivity contribution in [3.05, 3.63) is 47.2 Å². The Labute approximate surface area is 122 Å². The fourth-order valence-corrected chi connectivity index (χ4v) is 2.67. The molecule has 4 nitrogen and oxygen atoms in total. The second kappa shape index (κ2) is 5.59. The van der Waals surface area contributed by atoms with Crippen LogP contribution in [0.4, 0.5) is 11.4 Å². The van der Waals surface area contributed by atoms with Crippen LogP contribution in [-0.4, -0.2) is 24.0 Å². The lowest BCUT2D eigenvalue weighted by Crippen LogP contribution is -2.21. The monoisotopic (exact) mass is 289 g/mol. The van der Waals surface area contributed by atoms with Crippen molar-refractivity contribution in [3.8, 4) is 0 Å². The van der Waals surface area contributed by atoms with Gasteiger partial charge in [0.1, 0.15) is 5.69 Å². The van der Waals surface area contributed by atoms with Crippen LogP contribution in [0.1, 0.15) is 23.3 Å². The van der Waals surface area contributed by atoms with E-state index >= 15 is 0 Å². The molecular weight excluding hydrogens is 274 g/mol. The standard InChI is InChI=1S/C15H16ClN3O/c16-11-9-13(17-10-11)15(20)18-12-5-1-2-6-14(12)19-7-3-4-8-19/h1-2,5-6,9-10,17H,3-4,7-8H2,(H,18,20). The number of hydrogen-bond acceptors (Lipinski definition) is 2. The normalized spacial score (nSPS) is 14.6. The molecule has 0 atom stereocenters. The summed E-state index contributed by atoms with van der Waals surface area (Å²) in [5.74, 6) is -0.177. The molecule has 1 aromatic carbocycles. The molecule has 2 aromatic rings. The van der Waals surface area contributed by atoms with Gasteiger partial charge in [-0.25, -0.2) is 0 Å². The third-order valence-electron chi connectivity index (χ3n) is 3.49. The number of nitrogens with one attached hydrogen (secondary N) is 2. The predicted molar refractivity (Wildman–Crippen MR) is 81.6 cm³/mol. The summed E-state index contributed by atoms with van der Waals surface area (Å²) in [5, 5.41) is 3.48. The van der Waals surface area contributed by atoms with Crippen molar-refractivity contribution in [1.82, 2.24) is 4.98 Å². The van der Waals surface area contributed by atoms with Gasteiger partial charge in [0.25, 0.3) is 5.91 Å². The first kappa shape index (κ1) is 13.1. The van der Waals surface area contributed by atoms with E-state index in [1.54, 1.807) is 12.3 Å². The van der Waals surface area contributed by atoms with E-state index in [1.807, 2.05) is 24.3 Å². The quantitative estimate of drug-likeness (QED) is 0.908. The SMILES string of the molecule is O=C(Nc1ccccc1N1CCCC1)c1cc(Cl)c[nH]1. The lowest BCUT2D eigenvalue weighted by atomic mass is 10.2. The largest absolute Gasteiger partial charge is 0.370 e. The number of halogens is 1. The highest BCUT2D eigenvalue weighted by Crippen LogP contribution is 2.29. The Morgan fingerprint density at radius 1 is 1.25 bits per heavy atom. The number of nitrogens with zero attached hydrogens (tertiary/aromatic N) is 1. The van der Waals surface area contributed by atoms with Crippen molar-refractivity contribution < 1.29 is 4.79 Å². The second-order valence-electron chi connectivity index (χ2n) is 4.90. The van der Waals surface area contributed by atoms with Crippen LogP contribution in [0.2, 0.25) is 5.02 Å². The Balaban J connectivity index is 1.81. The molecule has 0 spiro atoms. The van der Waals surface area contributed by atoms with Gasteiger partial charge in [0.15, 0.2) is 0 Å². The summed E-state index contributed by atoms with van der Waals surface area (Å²) in [6.45, 7) is 2.09. The Hall–Kier alpha value is -1.94. The zero-order chi connectivity index (χ0) is 13.9. The third-order valence-corrected chi connectivity index (χ3v) is 3.71. The van der Waals surface area contributed by atoms with E-state index in [4.69, 9.17) is 11.6 Å². The molecule has 1 aliphatic heterocycles. The number of aromatic amines is 1. The van der Waals surface area contributed by atoms with E-state index < -0.39 is 0 Å². The van der Waals surface area contributed by atoms with E-state index in [1.165, 1.54) is 12.8 Å². The van der Waals surface area contributed by atoms with E-state index in [0.29, 0.717) is 10.7 Å². The molecule has 1 aliphatic rings. The van der Waals surface area contributed by atoms with E-state index in [9.17, 15) is 4.79 Å². The van der Waals surface area contributed by atoms with Crippen LogP contribution >= 0.6 is 11.6 Å². The summed E-state index contributed by atoms with van der Waals surface area (Å²) in [6.07, 6.45) is 4.01. The highest BCUT2D eigenvalue weighted by atomic mass is 35.5. The van der Waals surface area contributed by atoms with Crippen molar-refractivity contribution >= 4 is 28.9 Å². The molecule has 1 saturated heterocycles. The average Bonchev–Trinajstić information content (AvgIpc) is 3.10. The first-order chi connectivity index (χ1) is 9.74. The van der Waals surface area contributed by atoms with Crippen molar-refractivity contribution in [2.75, 3.05) is 23.3 Å². The number of hydrogen-bond donors (Lipinski definition) is 2. The van der Waals surface area contributed by atoms with Crippen LogP contribution in [0, 0.1) is 0 Å². The highest BCUT2D eigenvalue weighted by molar-refractivity contribution is 6.31. The Kier molecular flexibility index (Phi) is 3.65. The van der Waals surface area contributed by atoms with E-state index in [0.717, 1.165) is 24.5 Å². The van der Waals surface area contributed by atoms with Crippen LogP contribution in [0.15, 0.2) is 36.5 Å². The molecule has 0 radical (unpaired) electrons. The number of anilines is 2. The van der Waals surface area contributed by atoms with Crippen molar-refractivity contribution in [3.63, 3.8) is 0 Å². The number of rotatable bonds is 3. The lowest BCUT2D eigenvalue weighted by Gasteiger charge is -2.21. The lowest BCUT2D eigenvalue weighted by molar-refractivity contribution is 0.102. The smallest absolute Gasteiger partial charge is 0.272 e. The molecule has 0 saturated carbocycles. The number of H-pyrrole nitrogens is 1. The Morgan fingerprint density at radius 3 is 2.70 bits per heavy atom. The van der Waals surface area contributed by atoms with Gasteiger partial charge in [0.05, 0.1) is 16.4 Å². The predicted octanol–water partition coefficient (Wildman–Crippen LogP) is 3.52. The number of amides is 1. The molecule has 5 heteroatoms. The minimum Gasteiger partial charge on any atom is -0.370 e. The van der Waals surface area contributed by atoms with Gasteiger partial charge in [-0.15, -0.1) is 0 Å². The van der Waals surface area contributed by atoms with E-state index in [2.05, 4.69) is 15.2 Å². The number of aromatic nitrogens is 1. The molecule has 1 fully saturated rings. The highest BCUT2D eigenvalue weighted by Gasteiger charge is 2.17. The molecule has 2 N–H and O–H groups in total. The van der Waals surface area contributed by atoms with Crippen molar-refractivity contribution in [2.45, 2.75) is 12.8 Å². The molecule has 20 heavy (non-hydrogen) atoms. The summed E-state index contributed by atoms with van der Waals surface area (Å²) in [4.78, 5) is 17.3. The van der Waals surface area contributed by atoms with Gasteiger partial charge in [-0.05, 0) is 31.0 Å². The maximum atomic E-state index is 12.2. The summed E-state index contributed by atoms with van der Waals surface area (Å²) in [6, 6.07) is 9.51. The maximum absolute atomic E-state index is 12.2. The third kappa shape index (κ3) is 2.65. The summed E-state index contributed by atoms with van der Waals surface area (Å²) in [5.41, 5.74) is 2.38. The minimum absolute atomic E-state index is 0.177. The van der Waals surface area contributed by atoms with Crippen molar-refractivity contribution in [1.29, 1.82) is 0 Å². The van der Waals surface area contributed by atoms with E-state index in [-0.39, 0.29) is 5.91 Å². The van der Waals surface area contributed by atoms with Gasteiger partial charge in [0, 0.05) is 19.3 Å². The number of benzene rings is 1. The number of carbonyl (C=O) groups is 1.